The third-order valence-electron chi connectivity index (χ3n) is 6.44. The standard InChI is InChI=1S/C21H22F2N2OS3/c22-16-5-4-12(10-17(16)23)18-11-27-20(24-18)25-19(26)13-8-14-2-1-3-15(9-13)21(14)28-6-7-29-21/h4-5,10-11,13-15H,1-3,6-9H2,(H,24,25,26). The van der Waals surface area contributed by atoms with E-state index in [1.165, 1.54) is 48.2 Å². The molecule has 2 saturated carbocycles. The minimum atomic E-state index is -0.897. The van der Waals surface area contributed by atoms with Crippen molar-refractivity contribution in [2.45, 2.75) is 36.2 Å². The van der Waals surface area contributed by atoms with E-state index in [-0.39, 0.29) is 11.8 Å². The summed E-state index contributed by atoms with van der Waals surface area (Å²) in [6.07, 6.45) is 5.68. The van der Waals surface area contributed by atoms with Crippen LogP contribution < -0.4 is 5.32 Å². The molecule has 1 aromatic heterocycles. The number of hydrogen-bond acceptors (Lipinski definition) is 5. The molecule has 2 aliphatic carbocycles. The lowest BCUT2D eigenvalue weighted by Gasteiger charge is -2.51. The summed E-state index contributed by atoms with van der Waals surface area (Å²) in [5.41, 5.74) is 1.05. The molecular formula is C21H22F2N2OS3. The summed E-state index contributed by atoms with van der Waals surface area (Å²) in [5.74, 6) is 2.03. The van der Waals surface area contributed by atoms with E-state index >= 15 is 0 Å². The second kappa shape index (κ2) is 7.85. The zero-order valence-corrected chi connectivity index (χ0v) is 18.3. The fourth-order valence-electron chi connectivity index (χ4n) is 5.15. The smallest absolute Gasteiger partial charge is 0.229 e. The number of thiazole rings is 1. The van der Waals surface area contributed by atoms with Gasteiger partial charge in [-0.1, -0.05) is 6.42 Å². The van der Waals surface area contributed by atoms with Crippen LogP contribution in [0.15, 0.2) is 23.6 Å². The normalized spacial score (nSPS) is 27.9. The first-order valence-corrected chi connectivity index (χ1v) is 12.9. The summed E-state index contributed by atoms with van der Waals surface area (Å²) in [5, 5.41) is 5.26. The van der Waals surface area contributed by atoms with Crippen LogP contribution >= 0.6 is 34.9 Å². The van der Waals surface area contributed by atoms with Crippen LogP contribution in [0.1, 0.15) is 32.1 Å². The van der Waals surface area contributed by atoms with Gasteiger partial charge in [-0.05, 0) is 55.7 Å². The molecule has 2 heterocycles. The Morgan fingerprint density at radius 1 is 1.10 bits per heavy atom. The molecular weight excluding hydrogens is 430 g/mol. The molecule has 0 radical (unpaired) electrons. The molecule has 1 aliphatic heterocycles. The van der Waals surface area contributed by atoms with E-state index in [9.17, 15) is 13.6 Å². The SMILES string of the molecule is O=C(Nc1nc(-c2ccc(F)c(F)c2)cs1)C1CC2CCCC(C1)C21SCCS1. The van der Waals surface area contributed by atoms with Gasteiger partial charge in [-0.3, -0.25) is 4.79 Å². The van der Waals surface area contributed by atoms with Crippen LogP contribution in [-0.2, 0) is 4.79 Å². The Hall–Kier alpha value is -1.12. The van der Waals surface area contributed by atoms with Crippen molar-refractivity contribution >= 4 is 45.9 Å². The third-order valence-corrected chi connectivity index (χ3v) is 11.2. The van der Waals surface area contributed by atoms with Gasteiger partial charge in [0.1, 0.15) is 0 Å². The molecule has 1 amide bonds. The topological polar surface area (TPSA) is 42.0 Å². The Labute approximate surface area is 181 Å². The highest BCUT2D eigenvalue weighted by Crippen LogP contribution is 2.64. The first-order chi connectivity index (χ1) is 14.0. The number of rotatable bonds is 3. The molecule has 3 fully saturated rings. The first-order valence-electron chi connectivity index (χ1n) is 10.0. The van der Waals surface area contributed by atoms with Gasteiger partial charge in [0.15, 0.2) is 16.8 Å². The van der Waals surface area contributed by atoms with Gasteiger partial charge in [-0.2, -0.15) is 0 Å². The molecule has 3 nitrogen and oxygen atoms in total. The van der Waals surface area contributed by atoms with Crippen LogP contribution in [0.4, 0.5) is 13.9 Å². The van der Waals surface area contributed by atoms with E-state index in [0.717, 1.165) is 25.0 Å². The summed E-state index contributed by atoms with van der Waals surface area (Å²) >= 11 is 5.60. The van der Waals surface area contributed by atoms with Crippen molar-refractivity contribution in [3.8, 4) is 11.3 Å². The molecule has 3 aliphatic rings. The van der Waals surface area contributed by atoms with Crippen molar-refractivity contribution in [3.05, 3.63) is 35.2 Å². The highest BCUT2D eigenvalue weighted by Gasteiger charge is 2.55. The number of nitrogens with zero attached hydrogens (tertiary/aromatic N) is 1. The fraction of sp³-hybridized carbons (Fsp3) is 0.524. The van der Waals surface area contributed by atoms with Crippen molar-refractivity contribution in [1.29, 1.82) is 0 Å². The Balaban J connectivity index is 1.28. The predicted octanol–water partition coefficient (Wildman–Crippen LogP) is 6.03. The maximum Gasteiger partial charge on any atom is 0.229 e. The Morgan fingerprint density at radius 3 is 2.52 bits per heavy atom. The zero-order chi connectivity index (χ0) is 20.0. The summed E-state index contributed by atoms with van der Waals surface area (Å²) in [6.45, 7) is 0. The van der Waals surface area contributed by atoms with E-state index in [2.05, 4.69) is 33.8 Å². The second-order valence-corrected chi connectivity index (χ2v) is 11.9. The average Bonchev–Trinajstić information content (AvgIpc) is 3.34. The van der Waals surface area contributed by atoms with Crippen LogP contribution in [0.2, 0.25) is 0 Å². The van der Waals surface area contributed by atoms with E-state index in [1.54, 1.807) is 5.38 Å². The molecule has 2 unspecified atom stereocenters. The lowest BCUT2D eigenvalue weighted by Crippen LogP contribution is -2.48. The lowest BCUT2D eigenvalue weighted by atomic mass is 9.67. The number of carbonyl (C=O) groups excluding carboxylic acids is 1. The molecule has 2 aromatic rings. The second-order valence-electron chi connectivity index (χ2n) is 8.07. The summed E-state index contributed by atoms with van der Waals surface area (Å²) in [6, 6.07) is 3.73. The minimum Gasteiger partial charge on any atom is -0.302 e. The number of thioether (sulfide) groups is 2. The van der Waals surface area contributed by atoms with Crippen molar-refractivity contribution in [3.63, 3.8) is 0 Å². The van der Waals surface area contributed by atoms with E-state index < -0.39 is 11.6 Å². The van der Waals surface area contributed by atoms with Crippen molar-refractivity contribution in [1.82, 2.24) is 4.98 Å². The Morgan fingerprint density at radius 2 is 1.83 bits per heavy atom. The molecule has 1 saturated heterocycles. The van der Waals surface area contributed by atoms with Crippen molar-refractivity contribution in [2.75, 3.05) is 16.8 Å². The quantitative estimate of drug-likeness (QED) is 0.617. The molecule has 2 atom stereocenters. The molecule has 5 rings (SSSR count). The average molecular weight is 453 g/mol. The molecule has 8 heteroatoms. The monoisotopic (exact) mass is 452 g/mol. The van der Waals surface area contributed by atoms with Gasteiger partial charge in [0, 0.05) is 28.4 Å². The maximum absolute atomic E-state index is 13.5. The van der Waals surface area contributed by atoms with Crippen LogP contribution in [-0.4, -0.2) is 26.5 Å². The summed E-state index contributed by atoms with van der Waals surface area (Å²) in [7, 11) is 0. The van der Waals surface area contributed by atoms with Crippen LogP contribution in [0.3, 0.4) is 0 Å². The predicted molar refractivity (Wildman–Crippen MR) is 117 cm³/mol. The minimum absolute atomic E-state index is 0.0355. The van der Waals surface area contributed by atoms with Gasteiger partial charge >= 0.3 is 0 Å². The third kappa shape index (κ3) is 3.61. The van der Waals surface area contributed by atoms with Crippen LogP contribution in [0.25, 0.3) is 11.3 Å². The first kappa shape index (κ1) is 19.8. The fourth-order valence-corrected chi connectivity index (χ4v) is 9.81. The van der Waals surface area contributed by atoms with E-state index in [4.69, 9.17) is 0 Å². The Bertz CT molecular complexity index is 912. The molecule has 1 N–H and O–H groups in total. The molecule has 1 aromatic carbocycles. The van der Waals surface area contributed by atoms with Gasteiger partial charge in [0.05, 0.1) is 9.77 Å². The molecule has 1 spiro atoms. The van der Waals surface area contributed by atoms with Gasteiger partial charge in [-0.25, -0.2) is 13.8 Å². The highest BCUT2D eigenvalue weighted by molar-refractivity contribution is 8.21. The van der Waals surface area contributed by atoms with Crippen LogP contribution in [0, 0.1) is 29.4 Å². The van der Waals surface area contributed by atoms with Gasteiger partial charge < -0.3 is 5.32 Å². The lowest BCUT2D eigenvalue weighted by molar-refractivity contribution is -0.122. The van der Waals surface area contributed by atoms with E-state index in [0.29, 0.717) is 32.3 Å². The number of benzene rings is 1. The molecule has 29 heavy (non-hydrogen) atoms. The van der Waals surface area contributed by atoms with Crippen LogP contribution in [0.5, 0.6) is 0 Å². The number of amides is 1. The van der Waals surface area contributed by atoms with Crippen molar-refractivity contribution < 1.29 is 13.6 Å². The summed E-state index contributed by atoms with van der Waals surface area (Å²) in [4.78, 5) is 17.4. The number of nitrogens with one attached hydrogen (secondary N) is 1. The number of hydrogen-bond donors (Lipinski definition) is 1. The summed E-state index contributed by atoms with van der Waals surface area (Å²) < 4.78 is 27.0. The largest absolute Gasteiger partial charge is 0.302 e. The highest BCUT2D eigenvalue weighted by atomic mass is 32.2. The number of aromatic nitrogens is 1. The maximum atomic E-state index is 13.5. The number of anilines is 1. The number of carbonyl (C=O) groups is 1. The molecule has 154 valence electrons. The number of halogens is 2. The Kier molecular flexibility index (Phi) is 5.37. The van der Waals surface area contributed by atoms with E-state index in [1.807, 2.05) is 0 Å². The van der Waals surface area contributed by atoms with Gasteiger partial charge in [-0.15, -0.1) is 34.9 Å². The zero-order valence-electron chi connectivity index (χ0n) is 15.8. The van der Waals surface area contributed by atoms with Gasteiger partial charge in [0.25, 0.3) is 0 Å². The van der Waals surface area contributed by atoms with Gasteiger partial charge in [0.2, 0.25) is 5.91 Å². The van der Waals surface area contributed by atoms with Crippen molar-refractivity contribution in [2.24, 2.45) is 17.8 Å². The molecule has 2 bridgehead atoms.